The Bertz CT molecular complexity index is 882. The van der Waals surface area contributed by atoms with Crippen LogP contribution in [0.1, 0.15) is 63.0 Å². The first kappa shape index (κ1) is 21.4. The van der Waals surface area contributed by atoms with E-state index in [0.29, 0.717) is 6.07 Å². The summed E-state index contributed by atoms with van der Waals surface area (Å²) in [6.07, 6.45) is 5.32. The lowest BCUT2D eigenvalue weighted by molar-refractivity contribution is 0.550. The van der Waals surface area contributed by atoms with Gasteiger partial charge in [0.1, 0.15) is 11.6 Å². The molecule has 1 N–H and O–H groups in total. The summed E-state index contributed by atoms with van der Waals surface area (Å²) in [5.41, 5.74) is 1.79. The van der Waals surface area contributed by atoms with Gasteiger partial charge >= 0.3 is 0 Å². The van der Waals surface area contributed by atoms with Crippen LogP contribution in [0.15, 0.2) is 41.3 Å². The number of anilines is 1. The predicted octanol–water partition coefficient (Wildman–Crippen LogP) is 6.15. The van der Waals surface area contributed by atoms with Crippen molar-refractivity contribution in [1.29, 1.82) is 0 Å². The summed E-state index contributed by atoms with van der Waals surface area (Å²) in [6, 6.07) is 7.73. The normalized spacial score (nSPS) is 12.8. The molecule has 0 radical (unpaired) electrons. The third-order valence-corrected chi connectivity index (χ3v) is 6.19. The molecule has 0 aliphatic rings. The molecule has 2 aromatic carbocycles. The van der Waals surface area contributed by atoms with Gasteiger partial charge in [-0.05, 0) is 61.1 Å². The van der Waals surface area contributed by atoms with E-state index in [1.54, 1.807) is 12.1 Å². The van der Waals surface area contributed by atoms with Gasteiger partial charge in [-0.1, -0.05) is 39.2 Å². The predicted molar refractivity (Wildman–Crippen MR) is 106 cm³/mol. The maximum atomic E-state index is 13.8. The van der Waals surface area contributed by atoms with Crippen LogP contribution in [0, 0.1) is 18.6 Å². The maximum absolute atomic E-state index is 13.8. The molecule has 2 rings (SSSR count). The van der Waals surface area contributed by atoms with Crippen molar-refractivity contribution >= 4 is 15.7 Å². The van der Waals surface area contributed by atoms with Gasteiger partial charge in [-0.15, -0.1) is 0 Å². The summed E-state index contributed by atoms with van der Waals surface area (Å²) in [4.78, 5) is 0.0840. The first-order valence-electron chi connectivity index (χ1n) is 9.36. The van der Waals surface area contributed by atoms with Gasteiger partial charge in [0.05, 0.1) is 10.6 Å². The second kappa shape index (κ2) is 9.31. The van der Waals surface area contributed by atoms with Gasteiger partial charge < -0.3 is 0 Å². The van der Waals surface area contributed by atoms with E-state index in [4.69, 9.17) is 0 Å². The molecular weight excluding hydrogens is 368 g/mol. The van der Waals surface area contributed by atoms with Crippen LogP contribution in [0.2, 0.25) is 0 Å². The van der Waals surface area contributed by atoms with Crippen molar-refractivity contribution < 1.29 is 17.2 Å². The average molecular weight is 396 g/mol. The maximum Gasteiger partial charge on any atom is 0.261 e. The van der Waals surface area contributed by atoms with Gasteiger partial charge in [0.2, 0.25) is 0 Å². The number of halogens is 2. The van der Waals surface area contributed by atoms with Crippen molar-refractivity contribution in [2.75, 3.05) is 4.72 Å². The molecule has 0 aromatic heterocycles. The van der Waals surface area contributed by atoms with E-state index >= 15 is 0 Å². The van der Waals surface area contributed by atoms with Gasteiger partial charge in [0, 0.05) is 6.07 Å². The molecule has 3 nitrogen and oxygen atoms in total. The molecule has 0 heterocycles. The third-order valence-electron chi connectivity index (χ3n) is 4.83. The zero-order chi connectivity index (χ0) is 20.0. The van der Waals surface area contributed by atoms with Crippen LogP contribution in [-0.2, 0) is 10.0 Å². The van der Waals surface area contributed by atoms with Crippen LogP contribution in [0.25, 0.3) is 0 Å². The Morgan fingerprint density at radius 2 is 1.78 bits per heavy atom. The topological polar surface area (TPSA) is 46.2 Å². The molecule has 27 heavy (non-hydrogen) atoms. The second-order valence-corrected chi connectivity index (χ2v) is 8.53. The quantitative estimate of drug-likeness (QED) is 0.518. The molecule has 1 unspecified atom stereocenters. The minimum absolute atomic E-state index is 0.0840. The lowest BCUT2D eigenvalue weighted by atomic mass is 9.88. The van der Waals surface area contributed by atoms with E-state index in [1.807, 2.05) is 6.92 Å². The Morgan fingerprint density at radius 3 is 2.41 bits per heavy atom. The number of sulfonamides is 1. The summed E-state index contributed by atoms with van der Waals surface area (Å²) in [5.74, 6) is -1.42. The molecule has 1 atom stereocenters. The summed E-state index contributed by atoms with van der Waals surface area (Å²) in [6.45, 7) is 6.23. The fraction of sp³-hybridized carbons (Fsp3) is 0.429. The molecule has 0 aliphatic heterocycles. The van der Waals surface area contributed by atoms with Crippen molar-refractivity contribution in [3.8, 4) is 0 Å². The van der Waals surface area contributed by atoms with Crippen LogP contribution in [0.4, 0.5) is 14.5 Å². The van der Waals surface area contributed by atoms with Gasteiger partial charge in [0.25, 0.3) is 10.0 Å². The average Bonchev–Trinajstić information content (AvgIpc) is 2.62. The summed E-state index contributed by atoms with van der Waals surface area (Å²) in [7, 11) is -3.97. The van der Waals surface area contributed by atoms with E-state index in [2.05, 4.69) is 18.6 Å². The van der Waals surface area contributed by atoms with Crippen molar-refractivity contribution in [1.82, 2.24) is 0 Å². The summed E-state index contributed by atoms with van der Waals surface area (Å²) < 4.78 is 54.5. The Kier molecular flexibility index (Phi) is 7.36. The molecule has 0 amide bonds. The van der Waals surface area contributed by atoms with Crippen molar-refractivity contribution in [2.45, 2.75) is 63.7 Å². The molecular formula is C21H27F2NO2S. The summed E-state index contributed by atoms with van der Waals surface area (Å²) >= 11 is 0. The van der Waals surface area contributed by atoms with Gasteiger partial charge in [-0.2, -0.15) is 0 Å². The third kappa shape index (κ3) is 5.51. The number of hydrogen-bond donors (Lipinski definition) is 1. The monoisotopic (exact) mass is 395 g/mol. The molecule has 0 spiro atoms. The standard InChI is InChI=1S/C21H27F2NO2S/c1-4-6-7-8-16(5-2)19-14-18(11-9-15(19)3)27(25,26)24-21-12-10-17(22)13-20(21)23/h9-14,16,24H,4-8H2,1-3H3. The molecule has 6 heteroatoms. The fourth-order valence-electron chi connectivity index (χ4n) is 3.22. The van der Waals surface area contributed by atoms with E-state index in [-0.39, 0.29) is 16.5 Å². The van der Waals surface area contributed by atoms with Crippen LogP contribution in [0.3, 0.4) is 0 Å². The minimum Gasteiger partial charge on any atom is -0.277 e. The highest BCUT2D eigenvalue weighted by atomic mass is 32.2. The number of hydrogen-bond acceptors (Lipinski definition) is 2. The second-order valence-electron chi connectivity index (χ2n) is 6.85. The number of rotatable bonds is 9. The Morgan fingerprint density at radius 1 is 1.04 bits per heavy atom. The smallest absolute Gasteiger partial charge is 0.261 e. The van der Waals surface area contributed by atoms with E-state index in [1.165, 1.54) is 6.07 Å². The Hall–Kier alpha value is -1.95. The largest absolute Gasteiger partial charge is 0.277 e. The first-order chi connectivity index (χ1) is 12.8. The SMILES string of the molecule is CCCCCC(CC)c1cc(S(=O)(=O)Nc2ccc(F)cc2F)ccc1C. The van der Waals surface area contributed by atoms with Gasteiger partial charge in [-0.25, -0.2) is 17.2 Å². The Balaban J connectivity index is 2.31. The van der Waals surface area contributed by atoms with Crippen LogP contribution < -0.4 is 4.72 Å². The Labute approximate surface area is 160 Å². The number of nitrogens with one attached hydrogen (secondary N) is 1. The molecule has 0 fully saturated rings. The fourth-order valence-corrected chi connectivity index (χ4v) is 4.32. The lowest BCUT2D eigenvalue weighted by Gasteiger charge is -2.19. The molecule has 148 valence electrons. The highest BCUT2D eigenvalue weighted by molar-refractivity contribution is 7.92. The van der Waals surface area contributed by atoms with E-state index in [0.717, 1.165) is 55.4 Å². The summed E-state index contributed by atoms with van der Waals surface area (Å²) in [5, 5.41) is 0. The van der Waals surface area contributed by atoms with Crippen LogP contribution in [0.5, 0.6) is 0 Å². The molecule has 0 saturated carbocycles. The number of benzene rings is 2. The lowest BCUT2D eigenvalue weighted by Crippen LogP contribution is -2.15. The van der Waals surface area contributed by atoms with Crippen LogP contribution >= 0.6 is 0 Å². The molecule has 0 bridgehead atoms. The van der Waals surface area contributed by atoms with Crippen LogP contribution in [-0.4, -0.2) is 8.42 Å². The van der Waals surface area contributed by atoms with E-state index in [9.17, 15) is 17.2 Å². The number of aryl methyl sites for hydroxylation is 1. The van der Waals surface area contributed by atoms with E-state index < -0.39 is 21.7 Å². The van der Waals surface area contributed by atoms with Crippen molar-refractivity contribution in [2.24, 2.45) is 0 Å². The van der Waals surface area contributed by atoms with Crippen molar-refractivity contribution in [3.63, 3.8) is 0 Å². The molecule has 2 aromatic rings. The van der Waals surface area contributed by atoms with Gasteiger partial charge in [-0.3, -0.25) is 4.72 Å². The molecule has 0 aliphatic carbocycles. The highest BCUT2D eigenvalue weighted by Gasteiger charge is 2.20. The highest BCUT2D eigenvalue weighted by Crippen LogP contribution is 2.31. The zero-order valence-corrected chi connectivity index (χ0v) is 16.9. The minimum atomic E-state index is -3.97. The molecule has 0 saturated heterocycles. The van der Waals surface area contributed by atoms with Crippen molar-refractivity contribution in [3.05, 3.63) is 59.2 Å². The first-order valence-corrected chi connectivity index (χ1v) is 10.8. The van der Waals surface area contributed by atoms with Gasteiger partial charge in [0.15, 0.2) is 0 Å². The zero-order valence-electron chi connectivity index (χ0n) is 16.1. The number of unbranched alkanes of at least 4 members (excludes halogenated alkanes) is 2.